The van der Waals surface area contributed by atoms with E-state index in [9.17, 15) is 0 Å². The van der Waals surface area contributed by atoms with Gasteiger partial charge in [0.2, 0.25) is 0 Å². The molecule has 0 radical (unpaired) electrons. The summed E-state index contributed by atoms with van der Waals surface area (Å²) < 4.78 is 1.14. The molecule has 0 saturated carbocycles. The van der Waals surface area contributed by atoms with Crippen molar-refractivity contribution in [3.8, 4) is 11.1 Å². The first kappa shape index (κ1) is 11.4. The zero-order chi connectivity index (χ0) is 11.7. The van der Waals surface area contributed by atoms with Crippen LogP contribution >= 0.6 is 15.9 Å². The fourth-order valence-corrected chi connectivity index (χ4v) is 2.56. The number of benzene rings is 2. The molecule has 16 heavy (non-hydrogen) atoms. The minimum Gasteiger partial charge on any atom is -0.0563 e. The second-order valence-electron chi connectivity index (χ2n) is 4.34. The van der Waals surface area contributed by atoms with Crippen LogP contribution in [0.3, 0.4) is 0 Å². The average Bonchev–Trinajstić information content (AvgIpc) is 2.15. The molecule has 0 fully saturated rings. The Kier molecular flexibility index (Phi) is 3.15. The Morgan fingerprint density at radius 2 is 1.44 bits per heavy atom. The van der Waals surface area contributed by atoms with E-state index in [1.54, 1.807) is 0 Å². The lowest BCUT2D eigenvalue weighted by molar-refractivity contribution is 1.37. The zero-order valence-electron chi connectivity index (χ0n) is 9.84. The number of halogens is 1. The van der Waals surface area contributed by atoms with Crippen molar-refractivity contribution < 1.29 is 0 Å². The second kappa shape index (κ2) is 4.42. The van der Waals surface area contributed by atoms with Crippen LogP contribution in [-0.4, -0.2) is 0 Å². The van der Waals surface area contributed by atoms with Crippen LogP contribution in [0, 0.1) is 20.8 Å². The summed E-state index contributed by atoms with van der Waals surface area (Å²) in [4.78, 5) is 0. The molecule has 0 unspecified atom stereocenters. The molecule has 2 aromatic rings. The minimum absolute atomic E-state index is 1.14. The molecule has 0 N–H and O–H groups in total. The highest BCUT2D eigenvalue weighted by Crippen LogP contribution is 2.27. The lowest BCUT2D eigenvalue weighted by Gasteiger charge is -2.09. The zero-order valence-corrected chi connectivity index (χ0v) is 11.4. The van der Waals surface area contributed by atoms with Gasteiger partial charge < -0.3 is 0 Å². The predicted molar refractivity (Wildman–Crippen MR) is 73.8 cm³/mol. The third kappa shape index (κ3) is 2.35. The van der Waals surface area contributed by atoms with Crippen LogP contribution in [-0.2, 0) is 0 Å². The van der Waals surface area contributed by atoms with Gasteiger partial charge >= 0.3 is 0 Å². The predicted octanol–water partition coefficient (Wildman–Crippen LogP) is 5.04. The van der Waals surface area contributed by atoms with Crippen LogP contribution in [0.5, 0.6) is 0 Å². The summed E-state index contributed by atoms with van der Waals surface area (Å²) in [6.45, 7) is 6.44. The molecule has 0 atom stereocenters. The lowest BCUT2D eigenvalue weighted by Crippen LogP contribution is -1.86. The molecule has 1 heteroatoms. The Bertz CT molecular complexity index is 507. The SMILES string of the molecule is Cc1cc(C)cc(-c2ccc(Br)cc2C)c1. The van der Waals surface area contributed by atoms with Gasteiger partial charge in [0.15, 0.2) is 0 Å². The van der Waals surface area contributed by atoms with Crippen molar-refractivity contribution in [2.45, 2.75) is 20.8 Å². The van der Waals surface area contributed by atoms with E-state index in [4.69, 9.17) is 0 Å². The lowest BCUT2D eigenvalue weighted by atomic mass is 9.97. The number of hydrogen-bond acceptors (Lipinski definition) is 0. The molecule has 0 aliphatic carbocycles. The van der Waals surface area contributed by atoms with Gasteiger partial charge in [-0.3, -0.25) is 0 Å². The van der Waals surface area contributed by atoms with Crippen molar-refractivity contribution in [1.82, 2.24) is 0 Å². The molecule has 82 valence electrons. The summed E-state index contributed by atoms with van der Waals surface area (Å²) in [6, 6.07) is 13.1. The Morgan fingerprint density at radius 3 is 2.00 bits per heavy atom. The molecule has 0 amide bonds. The normalized spacial score (nSPS) is 10.5. The van der Waals surface area contributed by atoms with E-state index in [-0.39, 0.29) is 0 Å². The molecule has 0 spiro atoms. The summed E-state index contributed by atoms with van der Waals surface area (Å²) in [5.74, 6) is 0. The van der Waals surface area contributed by atoms with Crippen LogP contribution in [0.15, 0.2) is 40.9 Å². The van der Waals surface area contributed by atoms with E-state index in [0.717, 1.165) is 4.47 Å². The molecule has 0 aromatic heterocycles. The van der Waals surface area contributed by atoms with Crippen LogP contribution in [0.4, 0.5) is 0 Å². The molecular weight excluding hydrogens is 260 g/mol. The summed E-state index contributed by atoms with van der Waals surface area (Å²) in [6.07, 6.45) is 0. The molecule has 0 aliphatic rings. The van der Waals surface area contributed by atoms with E-state index in [2.05, 4.69) is 73.1 Å². The van der Waals surface area contributed by atoms with Gasteiger partial charge in [-0.15, -0.1) is 0 Å². The first-order valence-corrected chi connectivity index (χ1v) is 6.20. The van der Waals surface area contributed by atoms with Crippen LogP contribution in [0.1, 0.15) is 16.7 Å². The number of aryl methyl sites for hydroxylation is 3. The van der Waals surface area contributed by atoms with Gasteiger partial charge in [0.25, 0.3) is 0 Å². The molecule has 0 bridgehead atoms. The topological polar surface area (TPSA) is 0 Å². The van der Waals surface area contributed by atoms with Crippen molar-refractivity contribution in [2.75, 3.05) is 0 Å². The first-order chi connectivity index (χ1) is 7.56. The van der Waals surface area contributed by atoms with E-state index < -0.39 is 0 Å². The molecule has 2 rings (SSSR count). The van der Waals surface area contributed by atoms with Gasteiger partial charge in [0.05, 0.1) is 0 Å². The highest BCUT2D eigenvalue weighted by atomic mass is 79.9. The number of hydrogen-bond donors (Lipinski definition) is 0. The van der Waals surface area contributed by atoms with Crippen molar-refractivity contribution in [3.05, 3.63) is 57.6 Å². The van der Waals surface area contributed by atoms with E-state index >= 15 is 0 Å². The monoisotopic (exact) mass is 274 g/mol. The standard InChI is InChI=1S/C15H15Br/c1-10-6-11(2)8-13(7-10)15-5-4-14(16)9-12(15)3/h4-9H,1-3H3. The van der Waals surface area contributed by atoms with Crippen molar-refractivity contribution in [3.63, 3.8) is 0 Å². The van der Waals surface area contributed by atoms with Gasteiger partial charge in [0, 0.05) is 4.47 Å². The number of rotatable bonds is 1. The van der Waals surface area contributed by atoms with E-state index in [0.29, 0.717) is 0 Å². The molecule has 0 nitrogen and oxygen atoms in total. The van der Waals surface area contributed by atoms with Gasteiger partial charge in [-0.1, -0.05) is 51.3 Å². The van der Waals surface area contributed by atoms with E-state index in [1.165, 1.54) is 27.8 Å². The Hall–Kier alpha value is -1.08. The third-order valence-corrected chi connectivity index (χ3v) is 3.21. The van der Waals surface area contributed by atoms with Crippen molar-refractivity contribution >= 4 is 15.9 Å². The van der Waals surface area contributed by atoms with Gasteiger partial charge in [-0.05, 0) is 49.6 Å². The Morgan fingerprint density at radius 1 is 0.812 bits per heavy atom. The maximum Gasteiger partial charge on any atom is 0.0178 e. The van der Waals surface area contributed by atoms with Crippen molar-refractivity contribution in [1.29, 1.82) is 0 Å². The molecular formula is C15H15Br. The summed E-state index contributed by atoms with van der Waals surface area (Å²) >= 11 is 3.50. The summed E-state index contributed by atoms with van der Waals surface area (Å²) in [7, 11) is 0. The van der Waals surface area contributed by atoms with Crippen LogP contribution < -0.4 is 0 Å². The first-order valence-electron chi connectivity index (χ1n) is 5.41. The average molecular weight is 275 g/mol. The Labute approximate surface area is 105 Å². The smallest absolute Gasteiger partial charge is 0.0178 e. The Balaban J connectivity index is 2.58. The molecule has 0 aliphatic heterocycles. The largest absolute Gasteiger partial charge is 0.0563 e. The highest BCUT2D eigenvalue weighted by Gasteiger charge is 2.03. The summed E-state index contributed by atoms with van der Waals surface area (Å²) in [5.41, 5.74) is 6.56. The maximum absolute atomic E-state index is 3.50. The van der Waals surface area contributed by atoms with Crippen molar-refractivity contribution in [2.24, 2.45) is 0 Å². The third-order valence-electron chi connectivity index (χ3n) is 2.72. The molecule has 0 heterocycles. The quantitative estimate of drug-likeness (QED) is 0.683. The van der Waals surface area contributed by atoms with Crippen LogP contribution in [0.2, 0.25) is 0 Å². The maximum atomic E-state index is 3.50. The van der Waals surface area contributed by atoms with Gasteiger partial charge in [0.1, 0.15) is 0 Å². The molecule has 2 aromatic carbocycles. The van der Waals surface area contributed by atoms with Crippen LogP contribution in [0.25, 0.3) is 11.1 Å². The second-order valence-corrected chi connectivity index (χ2v) is 5.25. The fourth-order valence-electron chi connectivity index (χ4n) is 2.08. The van der Waals surface area contributed by atoms with Gasteiger partial charge in [-0.2, -0.15) is 0 Å². The highest BCUT2D eigenvalue weighted by molar-refractivity contribution is 9.10. The van der Waals surface area contributed by atoms with E-state index in [1.807, 2.05) is 0 Å². The summed E-state index contributed by atoms with van der Waals surface area (Å²) in [5, 5.41) is 0. The van der Waals surface area contributed by atoms with Gasteiger partial charge in [-0.25, -0.2) is 0 Å². The molecule has 0 saturated heterocycles. The fraction of sp³-hybridized carbons (Fsp3) is 0.200. The minimum atomic E-state index is 1.14.